The number of aromatic nitrogens is 5. The first-order valence-electron chi connectivity index (χ1n) is 8.55. The zero-order valence-corrected chi connectivity index (χ0v) is 15.2. The minimum atomic E-state index is 0.101. The molecule has 0 N–H and O–H groups in total. The van der Waals surface area contributed by atoms with Gasteiger partial charge in [-0.2, -0.15) is 9.97 Å². The van der Waals surface area contributed by atoms with Crippen LogP contribution in [-0.2, 0) is 0 Å². The molecule has 134 valence electrons. The molecule has 0 aliphatic carbocycles. The topological polar surface area (TPSA) is 77.6 Å². The molecule has 0 bridgehead atoms. The van der Waals surface area contributed by atoms with E-state index in [4.69, 9.17) is 16.0 Å². The van der Waals surface area contributed by atoms with Crippen LogP contribution >= 0.6 is 11.6 Å². The highest BCUT2D eigenvalue weighted by Crippen LogP contribution is 2.31. The molecule has 3 aromatic heterocycles. The number of nitrogens with zero attached hydrogens (tertiary/aromatic N) is 5. The first-order valence-corrected chi connectivity index (χ1v) is 8.93. The van der Waals surface area contributed by atoms with E-state index < -0.39 is 0 Å². The molecule has 5 rings (SSSR count). The summed E-state index contributed by atoms with van der Waals surface area (Å²) in [5.74, 6) is 1.40. The quantitative estimate of drug-likeness (QED) is 0.432. The Hall–Kier alpha value is -3.64. The van der Waals surface area contributed by atoms with Crippen LogP contribution in [0.2, 0.25) is 5.28 Å². The Labute approximate surface area is 164 Å². The smallest absolute Gasteiger partial charge is 0.227 e. The van der Waals surface area contributed by atoms with E-state index in [1.165, 1.54) is 0 Å². The van der Waals surface area contributed by atoms with Gasteiger partial charge in [-0.05, 0) is 48.0 Å². The minimum Gasteiger partial charge on any atom is -0.435 e. The highest BCUT2D eigenvalue weighted by molar-refractivity contribution is 6.28. The van der Waals surface area contributed by atoms with Gasteiger partial charge in [-0.3, -0.25) is 4.98 Å². The van der Waals surface area contributed by atoms with Crippen LogP contribution in [-0.4, -0.2) is 24.9 Å². The molecule has 0 unspecified atom stereocenters. The molecular weight excluding hydrogens is 374 g/mol. The number of hydrogen-bond acceptors (Lipinski definition) is 6. The van der Waals surface area contributed by atoms with Gasteiger partial charge >= 0.3 is 0 Å². The summed E-state index contributed by atoms with van der Waals surface area (Å²) in [5.41, 5.74) is 3.66. The fraction of sp³-hybridized carbons (Fsp3) is 0. The van der Waals surface area contributed by atoms with Crippen molar-refractivity contribution < 1.29 is 4.42 Å². The first kappa shape index (κ1) is 16.5. The van der Waals surface area contributed by atoms with Gasteiger partial charge in [-0.1, -0.05) is 24.3 Å². The van der Waals surface area contributed by atoms with Crippen molar-refractivity contribution in [1.82, 2.24) is 24.9 Å². The molecule has 28 heavy (non-hydrogen) atoms. The van der Waals surface area contributed by atoms with Gasteiger partial charge in [0, 0.05) is 23.5 Å². The maximum Gasteiger partial charge on any atom is 0.227 e. The number of rotatable bonds is 3. The second kappa shape index (κ2) is 6.83. The van der Waals surface area contributed by atoms with Gasteiger partial charge in [0.15, 0.2) is 17.2 Å². The Morgan fingerprint density at radius 2 is 1.54 bits per heavy atom. The highest BCUT2D eigenvalue weighted by Gasteiger charge is 2.16. The lowest BCUT2D eigenvalue weighted by atomic mass is 10.2. The zero-order chi connectivity index (χ0) is 18.9. The van der Waals surface area contributed by atoms with E-state index in [1.54, 1.807) is 12.4 Å². The summed E-state index contributed by atoms with van der Waals surface area (Å²) in [6.45, 7) is 0. The lowest BCUT2D eigenvalue weighted by Gasteiger charge is -2.04. The van der Waals surface area contributed by atoms with Crippen LogP contribution in [0.1, 0.15) is 0 Å². The molecule has 6 nitrogen and oxygen atoms in total. The van der Waals surface area contributed by atoms with E-state index in [9.17, 15) is 0 Å². The van der Waals surface area contributed by atoms with Gasteiger partial charge in [-0.25, -0.2) is 9.97 Å². The molecule has 0 amide bonds. The van der Waals surface area contributed by atoms with E-state index in [0.29, 0.717) is 28.7 Å². The third kappa shape index (κ3) is 3.00. The van der Waals surface area contributed by atoms with Gasteiger partial charge in [0.1, 0.15) is 5.52 Å². The Kier molecular flexibility index (Phi) is 4.03. The van der Waals surface area contributed by atoms with Crippen LogP contribution in [0, 0.1) is 0 Å². The van der Waals surface area contributed by atoms with Crippen LogP contribution in [0.25, 0.3) is 45.3 Å². The van der Waals surface area contributed by atoms with Crippen LogP contribution in [0.5, 0.6) is 0 Å². The van der Waals surface area contributed by atoms with Gasteiger partial charge < -0.3 is 4.42 Å². The van der Waals surface area contributed by atoms with Crippen LogP contribution in [0.3, 0.4) is 0 Å². The number of benzene rings is 2. The molecule has 0 saturated heterocycles. The van der Waals surface area contributed by atoms with E-state index >= 15 is 0 Å². The predicted octanol–water partition coefficient (Wildman–Crippen LogP) is 5.06. The van der Waals surface area contributed by atoms with Crippen molar-refractivity contribution in [2.45, 2.75) is 0 Å². The Bertz CT molecular complexity index is 1270. The molecule has 5 aromatic rings. The van der Waals surface area contributed by atoms with Gasteiger partial charge in [0.25, 0.3) is 0 Å². The van der Waals surface area contributed by atoms with Crippen LogP contribution in [0.4, 0.5) is 0 Å². The van der Waals surface area contributed by atoms with E-state index in [1.807, 2.05) is 60.7 Å². The molecule has 7 heteroatoms. The van der Waals surface area contributed by atoms with E-state index in [-0.39, 0.29) is 5.28 Å². The highest BCUT2D eigenvalue weighted by atomic mass is 35.5. The summed E-state index contributed by atoms with van der Waals surface area (Å²) in [5, 5.41) is 0.101. The molecule has 0 fully saturated rings. The molecule has 0 atom stereocenters. The standard InChI is InChI=1S/C21H12ClN5O/c22-21-26-18(14-8-5-11-23-12-14)25-19(27-21)15-9-4-10-16-17(15)28-20(24-16)13-6-2-1-3-7-13/h1-12H. The maximum atomic E-state index is 6.17. The molecule has 0 spiro atoms. The summed E-state index contributed by atoms with van der Waals surface area (Å²) >= 11 is 6.17. The first-order chi connectivity index (χ1) is 13.8. The number of pyridine rings is 1. The average Bonchev–Trinajstić information content (AvgIpc) is 3.19. The zero-order valence-electron chi connectivity index (χ0n) is 14.5. The summed E-state index contributed by atoms with van der Waals surface area (Å²) in [6, 6.07) is 19.1. The van der Waals surface area contributed by atoms with Crippen molar-refractivity contribution >= 4 is 22.7 Å². The Balaban J connectivity index is 1.68. The third-order valence-electron chi connectivity index (χ3n) is 4.20. The number of para-hydroxylation sites is 1. The van der Waals surface area contributed by atoms with Crippen LogP contribution < -0.4 is 0 Å². The molecule has 0 aliphatic heterocycles. The minimum absolute atomic E-state index is 0.101. The number of oxazole rings is 1. The normalized spacial score (nSPS) is 11.0. The van der Waals surface area contributed by atoms with Gasteiger partial charge in [-0.15, -0.1) is 0 Å². The van der Waals surface area contributed by atoms with E-state index in [2.05, 4.69) is 24.9 Å². The van der Waals surface area contributed by atoms with E-state index in [0.717, 1.165) is 16.6 Å². The lowest BCUT2D eigenvalue weighted by Crippen LogP contribution is -1.97. The Morgan fingerprint density at radius 1 is 0.714 bits per heavy atom. The van der Waals surface area contributed by atoms with Crippen LogP contribution in [0.15, 0.2) is 77.5 Å². The average molecular weight is 386 g/mol. The summed E-state index contributed by atoms with van der Waals surface area (Å²) in [7, 11) is 0. The van der Waals surface area contributed by atoms with Crippen molar-refractivity contribution in [3.63, 3.8) is 0 Å². The molecule has 2 aromatic carbocycles. The number of halogens is 1. The van der Waals surface area contributed by atoms with Crippen molar-refractivity contribution in [3.8, 4) is 34.2 Å². The molecule has 0 aliphatic rings. The lowest BCUT2D eigenvalue weighted by molar-refractivity contribution is 0.620. The second-order valence-electron chi connectivity index (χ2n) is 6.03. The SMILES string of the molecule is Clc1nc(-c2cccnc2)nc(-c2cccc3nc(-c4ccccc4)oc23)n1. The van der Waals surface area contributed by atoms with Gasteiger partial charge in [0.2, 0.25) is 11.2 Å². The van der Waals surface area contributed by atoms with Crippen molar-refractivity contribution in [2.75, 3.05) is 0 Å². The maximum absolute atomic E-state index is 6.17. The molecule has 0 radical (unpaired) electrons. The fourth-order valence-corrected chi connectivity index (χ4v) is 3.08. The monoisotopic (exact) mass is 385 g/mol. The van der Waals surface area contributed by atoms with Crippen molar-refractivity contribution in [2.24, 2.45) is 0 Å². The summed E-state index contributed by atoms with van der Waals surface area (Å²) < 4.78 is 6.06. The number of fused-ring (bicyclic) bond motifs is 1. The molecule has 0 saturated carbocycles. The molecular formula is C21H12ClN5O. The summed E-state index contributed by atoms with van der Waals surface area (Å²) in [4.78, 5) is 21.8. The van der Waals surface area contributed by atoms with Crippen molar-refractivity contribution in [1.29, 1.82) is 0 Å². The van der Waals surface area contributed by atoms with Gasteiger partial charge in [0.05, 0.1) is 5.56 Å². The second-order valence-corrected chi connectivity index (χ2v) is 6.37. The summed E-state index contributed by atoms with van der Waals surface area (Å²) in [6.07, 6.45) is 3.37. The predicted molar refractivity (Wildman–Crippen MR) is 107 cm³/mol. The fourth-order valence-electron chi connectivity index (χ4n) is 2.92. The number of hydrogen-bond donors (Lipinski definition) is 0. The third-order valence-corrected chi connectivity index (χ3v) is 4.37. The molecule has 3 heterocycles. The van der Waals surface area contributed by atoms with Crippen molar-refractivity contribution in [3.05, 3.63) is 78.3 Å². The largest absolute Gasteiger partial charge is 0.435 e. The Morgan fingerprint density at radius 3 is 2.36 bits per heavy atom.